The molecule has 1 unspecified atom stereocenters. The first-order valence-corrected chi connectivity index (χ1v) is 7.77. The van der Waals surface area contributed by atoms with Gasteiger partial charge in [0.05, 0.1) is 6.61 Å². The van der Waals surface area contributed by atoms with Gasteiger partial charge in [0.2, 0.25) is 11.7 Å². The van der Waals surface area contributed by atoms with Gasteiger partial charge < -0.3 is 15.0 Å². The number of nitrogens with two attached hydrogens (primary N) is 1. The number of ether oxygens (including phenoxy) is 1. The lowest BCUT2D eigenvalue weighted by Crippen LogP contribution is -2.25. The van der Waals surface area contributed by atoms with Gasteiger partial charge in [-0.2, -0.15) is 16.7 Å². The molecule has 1 saturated carbocycles. The van der Waals surface area contributed by atoms with Crippen LogP contribution in [0, 0.1) is 0 Å². The molecule has 0 bridgehead atoms. The highest BCUT2D eigenvalue weighted by Gasteiger charge is 2.27. The minimum absolute atomic E-state index is 0.00657. The second kappa shape index (κ2) is 5.59. The van der Waals surface area contributed by atoms with Gasteiger partial charge in [0.15, 0.2) is 0 Å². The highest BCUT2D eigenvalue weighted by Crippen LogP contribution is 2.32. The Labute approximate surface area is 111 Å². The molecule has 1 aliphatic heterocycles. The molecule has 3 rings (SSSR count). The van der Waals surface area contributed by atoms with Crippen molar-refractivity contribution < 1.29 is 9.26 Å². The zero-order valence-corrected chi connectivity index (χ0v) is 11.2. The van der Waals surface area contributed by atoms with Gasteiger partial charge in [-0.25, -0.2) is 0 Å². The van der Waals surface area contributed by atoms with E-state index in [2.05, 4.69) is 10.1 Å². The zero-order chi connectivity index (χ0) is 12.4. The quantitative estimate of drug-likeness (QED) is 0.883. The van der Waals surface area contributed by atoms with E-state index in [-0.39, 0.29) is 6.10 Å². The van der Waals surface area contributed by atoms with Crippen LogP contribution in [0.1, 0.15) is 49.4 Å². The summed E-state index contributed by atoms with van der Waals surface area (Å²) >= 11 is 1.88. The normalized spacial score (nSPS) is 33.5. The van der Waals surface area contributed by atoms with E-state index in [1.165, 1.54) is 0 Å². The van der Waals surface area contributed by atoms with Crippen molar-refractivity contribution in [2.75, 3.05) is 18.1 Å². The van der Waals surface area contributed by atoms with Crippen molar-refractivity contribution in [3.8, 4) is 0 Å². The van der Waals surface area contributed by atoms with Crippen LogP contribution in [0.3, 0.4) is 0 Å². The van der Waals surface area contributed by atoms with Crippen molar-refractivity contribution in [1.29, 1.82) is 0 Å². The first kappa shape index (κ1) is 12.4. The lowest BCUT2D eigenvalue weighted by Gasteiger charge is -2.23. The molecule has 6 heteroatoms. The second-order valence-electron chi connectivity index (χ2n) is 5.04. The molecular weight excluding hydrogens is 250 g/mol. The SMILES string of the molecule is NC1CCC(c2nc(C3CSCCO3)no2)CC1. The molecular formula is C12H19N3O2S. The molecule has 1 aromatic heterocycles. The summed E-state index contributed by atoms with van der Waals surface area (Å²) in [6.45, 7) is 0.775. The fraction of sp³-hybridized carbons (Fsp3) is 0.833. The Bertz CT molecular complexity index is 384. The third kappa shape index (κ3) is 2.70. The summed E-state index contributed by atoms with van der Waals surface area (Å²) in [7, 11) is 0. The van der Waals surface area contributed by atoms with E-state index in [0.717, 1.165) is 49.7 Å². The minimum Gasteiger partial charge on any atom is -0.368 e. The van der Waals surface area contributed by atoms with Gasteiger partial charge in [0.25, 0.3) is 0 Å². The summed E-state index contributed by atoms with van der Waals surface area (Å²) in [5, 5.41) is 4.08. The molecule has 2 aliphatic rings. The fourth-order valence-electron chi connectivity index (χ4n) is 2.55. The topological polar surface area (TPSA) is 74.2 Å². The summed E-state index contributed by atoms with van der Waals surface area (Å²) in [5.41, 5.74) is 5.91. The van der Waals surface area contributed by atoms with Crippen LogP contribution in [0.4, 0.5) is 0 Å². The van der Waals surface area contributed by atoms with Crippen LogP contribution >= 0.6 is 11.8 Å². The summed E-state index contributed by atoms with van der Waals surface area (Å²) in [5.74, 6) is 3.86. The van der Waals surface area contributed by atoms with Crippen LogP contribution < -0.4 is 5.73 Å². The number of hydrogen-bond donors (Lipinski definition) is 1. The molecule has 5 nitrogen and oxygen atoms in total. The first-order valence-electron chi connectivity index (χ1n) is 6.61. The molecule has 0 aromatic carbocycles. The van der Waals surface area contributed by atoms with Crippen LogP contribution in [-0.2, 0) is 4.74 Å². The maximum absolute atomic E-state index is 5.91. The average Bonchev–Trinajstić information content (AvgIpc) is 2.90. The highest BCUT2D eigenvalue weighted by molar-refractivity contribution is 7.99. The molecule has 0 radical (unpaired) electrons. The van der Waals surface area contributed by atoms with Crippen molar-refractivity contribution in [3.63, 3.8) is 0 Å². The summed E-state index contributed by atoms with van der Waals surface area (Å²) in [6, 6.07) is 0.349. The highest BCUT2D eigenvalue weighted by atomic mass is 32.2. The molecule has 1 aliphatic carbocycles. The molecule has 2 heterocycles. The number of thioether (sulfide) groups is 1. The van der Waals surface area contributed by atoms with Crippen LogP contribution in [-0.4, -0.2) is 34.3 Å². The molecule has 2 fully saturated rings. The van der Waals surface area contributed by atoms with Gasteiger partial charge in [0, 0.05) is 23.5 Å². The van der Waals surface area contributed by atoms with E-state index in [9.17, 15) is 0 Å². The lowest BCUT2D eigenvalue weighted by molar-refractivity contribution is 0.0677. The maximum atomic E-state index is 5.91. The summed E-state index contributed by atoms with van der Waals surface area (Å²) in [6.07, 6.45) is 4.23. The van der Waals surface area contributed by atoms with Crippen molar-refractivity contribution in [2.24, 2.45) is 5.73 Å². The van der Waals surface area contributed by atoms with E-state index in [4.69, 9.17) is 15.0 Å². The monoisotopic (exact) mass is 269 g/mol. The molecule has 0 spiro atoms. The Morgan fingerprint density at radius 2 is 2.06 bits per heavy atom. The molecule has 1 aromatic rings. The summed E-state index contributed by atoms with van der Waals surface area (Å²) < 4.78 is 11.1. The van der Waals surface area contributed by atoms with Gasteiger partial charge in [-0.15, -0.1) is 0 Å². The smallest absolute Gasteiger partial charge is 0.229 e. The first-order chi connectivity index (χ1) is 8.83. The van der Waals surface area contributed by atoms with Crippen molar-refractivity contribution in [2.45, 2.75) is 43.7 Å². The van der Waals surface area contributed by atoms with Crippen molar-refractivity contribution in [1.82, 2.24) is 10.1 Å². The van der Waals surface area contributed by atoms with E-state index in [1.54, 1.807) is 0 Å². The van der Waals surface area contributed by atoms with Gasteiger partial charge in [-0.1, -0.05) is 5.16 Å². The largest absolute Gasteiger partial charge is 0.368 e. The molecule has 18 heavy (non-hydrogen) atoms. The number of hydrogen-bond acceptors (Lipinski definition) is 6. The minimum atomic E-state index is 0.00657. The lowest BCUT2D eigenvalue weighted by atomic mass is 9.86. The van der Waals surface area contributed by atoms with Gasteiger partial charge >= 0.3 is 0 Å². The van der Waals surface area contributed by atoms with Crippen molar-refractivity contribution in [3.05, 3.63) is 11.7 Å². The Morgan fingerprint density at radius 3 is 2.78 bits per heavy atom. The number of nitrogens with zero attached hydrogens (tertiary/aromatic N) is 2. The van der Waals surface area contributed by atoms with Crippen LogP contribution in [0.5, 0.6) is 0 Å². The van der Waals surface area contributed by atoms with Gasteiger partial charge in [-0.3, -0.25) is 0 Å². The molecule has 2 N–H and O–H groups in total. The standard InChI is InChI=1S/C12H19N3O2S/c13-9-3-1-8(2-4-9)12-14-11(15-17-12)10-7-18-6-5-16-10/h8-10H,1-7,13H2. The second-order valence-corrected chi connectivity index (χ2v) is 6.19. The number of rotatable bonds is 2. The van der Waals surface area contributed by atoms with E-state index in [0.29, 0.717) is 17.8 Å². The molecule has 1 saturated heterocycles. The maximum Gasteiger partial charge on any atom is 0.229 e. The van der Waals surface area contributed by atoms with Crippen molar-refractivity contribution >= 4 is 11.8 Å². The molecule has 1 atom stereocenters. The fourth-order valence-corrected chi connectivity index (χ4v) is 3.39. The number of aromatic nitrogens is 2. The summed E-state index contributed by atoms with van der Waals surface area (Å²) in [4.78, 5) is 4.53. The van der Waals surface area contributed by atoms with E-state index >= 15 is 0 Å². The van der Waals surface area contributed by atoms with Gasteiger partial charge in [0.1, 0.15) is 6.10 Å². The third-order valence-corrected chi connectivity index (χ3v) is 4.68. The molecule has 0 amide bonds. The Kier molecular flexibility index (Phi) is 3.86. The van der Waals surface area contributed by atoms with E-state index in [1.807, 2.05) is 11.8 Å². The molecule has 100 valence electrons. The van der Waals surface area contributed by atoms with Crippen LogP contribution in [0.25, 0.3) is 0 Å². The third-order valence-electron chi connectivity index (χ3n) is 3.68. The predicted molar refractivity (Wildman–Crippen MR) is 69.5 cm³/mol. The Hall–Kier alpha value is -0.590. The Balaban J connectivity index is 1.65. The van der Waals surface area contributed by atoms with Crippen LogP contribution in [0.15, 0.2) is 4.52 Å². The van der Waals surface area contributed by atoms with Gasteiger partial charge in [-0.05, 0) is 25.7 Å². The Morgan fingerprint density at radius 1 is 1.22 bits per heavy atom. The zero-order valence-electron chi connectivity index (χ0n) is 10.4. The van der Waals surface area contributed by atoms with Crippen LogP contribution in [0.2, 0.25) is 0 Å². The average molecular weight is 269 g/mol. The predicted octanol–water partition coefficient (Wildman–Crippen LogP) is 1.86. The van der Waals surface area contributed by atoms with E-state index < -0.39 is 0 Å².